The van der Waals surface area contributed by atoms with Gasteiger partial charge in [0.25, 0.3) is 5.91 Å². The number of benzene rings is 1. The van der Waals surface area contributed by atoms with Crippen LogP contribution in [0.15, 0.2) is 22.6 Å². The molecule has 3 fully saturated rings. The zero-order valence-corrected chi connectivity index (χ0v) is 13.0. The van der Waals surface area contributed by atoms with Crippen molar-refractivity contribution in [3.05, 3.63) is 23.8 Å². The summed E-state index contributed by atoms with van der Waals surface area (Å²) in [6.45, 7) is 2.05. The molecule has 1 aromatic carbocycles. The number of aromatic nitrogens is 1. The maximum atomic E-state index is 12.7. The maximum Gasteiger partial charge on any atom is 0.412 e. The van der Waals surface area contributed by atoms with Crippen LogP contribution in [-0.4, -0.2) is 46.2 Å². The number of fused-ring (bicyclic) bond motifs is 4. The molecule has 2 amide bonds. The number of carbonyl (C=O) groups is 2. The molecule has 24 heavy (non-hydrogen) atoms. The van der Waals surface area contributed by atoms with Gasteiger partial charge in [-0.2, -0.15) is 4.98 Å². The summed E-state index contributed by atoms with van der Waals surface area (Å²) in [4.78, 5) is 29.8. The lowest BCUT2D eigenvalue weighted by atomic mass is 9.86. The molecule has 3 aliphatic rings. The van der Waals surface area contributed by atoms with Crippen LogP contribution >= 0.6 is 0 Å². The van der Waals surface area contributed by atoms with Crippen LogP contribution in [0.2, 0.25) is 0 Å². The van der Waals surface area contributed by atoms with Crippen LogP contribution < -0.4 is 10.6 Å². The molecular weight excluding hydrogens is 312 g/mol. The Morgan fingerprint density at radius 3 is 2.75 bits per heavy atom. The molecule has 5 rings (SSSR count). The van der Waals surface area contributed by atoms with E-state index in [1.54, 1.807) is 18.2 Å². The number of oxazole rings is 1. The number of carbonyl (C=O) groups excluding carboxylic acids is 1. The first kappa shape index (κ1) is 14.9. The Labute approximate surface area is 137 Å². The quantitative estimate of drug-likeness (QED) is 0.795. The number of rotatable bonds is 3. The molecule has 3 saturated heterocycles. The molecule has 1 atom stereocenters. The van der Waals surface area contributed by atoms with Crippen LogP contribution in [0.3, 0.4) is 0 Å². The minimum atomic E-state index is -1.27. The minimum absolute atomic E-state index is 0.0590. The summed E-state index contributed by atoms with van der Waals surface area (Å²) in [7, 11) is 0. The fourth-order valence-corrected chi connectivity index (χ4v) is 3.62. The van der Waals surface area contributed by atoms with E-state index < -0.39 is 6.09 Å². The van der Waals surface area contributed by atoms with Gasteiger partial charge in [-0.1, -0.05) is 6.07 Å². The van der Waals surface area contributed by atoms with E-state index in [2.05, 4.69) is 20.5 Å². The van der Waals surface area contributed by atoms with Gasteiger partial charge < -0.3 is 14.8 Å². The average molecular weight is 330 g/mol. The molecule has 4 heterocycles. The number of piperidine rings is 3. The summed E-state index contributed by atoms with van der Waals surface area (Å²) >= 11 is 0. The van der Waals surface area contributed by atoms with Crippen molar-refractivity contribution in [1.82, 2.24) is 15.2 Å². The first-order chi connectivity index (χ1) is 11.6. The third-order valence-electron chi connectivity index (χ3n) is 4.82. The average Bonchev–Trinajstić information content (AvgIpc) is 2.97. The summed E-state index contributed by atoms with van der Waals surface area (Å²) in [6, 6.07) is 4.87. The number of nitrogens with one attached hydrogen (secondary N) is 2. The van der Waals surface area contributed by atoms with Crippen molar-refractivity contribution in [2.75, 3.05) is 18.4 Å². The molecule has 0 saturated carbocycles. The highest BCUT2D eigenvalue weighted by atomic mass is 16.4. The summed E-state index contributed by atoms with van der Waals surface area (Å²) in [5.41, 5.74) is 1.11. The van der Waals surface area contributed by atoms with Gasteiger partial charge in [0.05, 0.1) is 11.7 Å². The van der Waals surface area contributed by atoms with Crippen molar-refractivity contribution < 1.29 is 19.1 Å². The Morgan fingerprint density at radius 2 is 2.08 bits per heavy atom. The van der Waals surface area contributed by atoms with E-state index in [0.717, 1.165) is 19.5 Å². The van der Waals surface area contributed by atoms with Gasteiger partial charge in [-0.3, -0.25) is 9.69 Å². The molecule has 1 aromatic heterocycles. The number of hydrogen-bond acceptors (Lipinski definition) is 5. The Kier molecular flexibility index (Phi) is 3.61. The Hall–Kier alpha value is -2.61. The molecule has 2 aromatic rings. The lowest BCUT2D eigenvalue weighted by Crippen LogP contribution is -2.56. The zero-order chi connectivity index (χ0) is 16.7. The van der Waals surface area contributed by atoms with Crippen molar-refractivity contribution in [2.24, 2.45) is 5.92 Å². The predicted octanol–water partition coefficient (Wildman–Crippen LogP) is 2.09. The van der Waals surface area contributed by atoms with Gasteiger partial charge in [0.2, 0.25) is 0 Å². The largest absolute Gasteiger partial charge is 0.465 e. The minimum Gasteiger partial charge on any atom is -0.465 e. The van der Waals surface area contributed by atoms with Crippen molar-refractivity contribution in [3.8, 4) is 0 Å². The van der Waals surface area contributed by atoms with E-state index in [0.29, 0.717) is 22.6 Å². The number of carboxylic acid groups (broad SMARTS) is 1. The highest BCUT2D eigenvalue weighted by Crippen LogP contribution is 2.31. The Morgan fingerprint density at radius 1 is 1.29 bits per heavy atom. The lowest BCUT2D eigenvalue weighted by Gasteiger charge is -2.45. The normalized spacial score (nSPS) is 25.6. The summed E-state index contributed by atoms with van der Waals surface area (Å²) in [5, 5.41) is 13.9. The van der Waals surface area contributed by atoms with Gasteiger partial charge in [0, 0.05) is 13.1 Å². The third-order valence-corrected chi connectivity index (χ3v) is 4.82. The predicted molar refractivity (Wildman–Crippen MR) is 85.8 cm³/mol. The molecule has 0 spiro atoms. The van der Waals surface area contributed by atoms with Gasteiger partial charge in [-0.05, 0) is 37.3 Å². The molecule has 3 N–H and O–H groups in total. The van der Waals surface area contributed by atoms with Gasteiger partial charge in [0.1, 0.15) is 5.52 Å². The van der Waals surface area contributed by atoms with Crippen molar-refractivity contribution in [1.29, 1.82) is 0 Å². The maximum absolute atomic E-state index is 12.7. The van der Waals surface area contributed by atoms with E-state index in [1.165, 1.54) is 12.8 Å². The molecule has 2 bridgehead atoms. The van der Waals surface area contributed by atoms with Gasteiger partial charge >= 0.3 is 12.1 Å². The summed E-state index contributed by atoms with van der Waals surface area (Å²) < 4.78 is 5.32. The third kappa shape index (κ3) is 2.69. The monoisotopic (exact) mass is 330 g/mol. The van der Waals surface area contributed by atoms with Crippen molar-refractivity contribution in [2.45, 2.75) is 25.4 Å². The molecule has 0 radical (unpaired) electrons. The topological polar surface area (TPSA) is 108 Å². The highest BCUT2D eigenvalue weighted by Gasteiger charge is 2.34. The van der Waals surface area contributed by atoms with E-state index in [4.69, 9.17) is 9.52 Å². The highest BCUT2D eigenvalue weighted by molar-refractivity contribution is 6.05. The molecule has 3 aliphatic heterocycles. The van der Waals surface area contributed by atoms with Crippen LogP contribution in [0.5, 0.6) is 0 Å². The van der Waals surface area contributed by atoms with E-state index >= 15 is 0 Å². The summed E-state index contributed by atoms with van der Waals surface area (Å²) in [5.74, 6) is 0.475. The molecule has 1 unspecified atom stereocenters. The smallest absolute Gasteiger partial charge is 0.412 e. The Bertz CT molecular complexity index is 794. The van der Waals surface area contributed by atoms with E-state index in [1.807, 2.05) is 0 Å². The van der Waals surface area contributed by atoms with Crippen LogP contribution in [0, 0.1) is 5.92 Å². The standard InChI is InChI=1S/C16H18N4O4/c21-14(17-12-8-9-4-6-20(12)7-5-9)10-2-1-3-11-13(10)18-15(24-11)19-16(22)23/h1-3,9,12H,4-8H2,(H,17,21)(H,18,19)(H,22,23). The number of para-hydroxylation sites is 1. The number of nitrogens with zero attached hydrogens (tertiary/aromatic N) is 2. The second-order valence-electron chi connectivity index (χ2n) is 6.31. The van der Waals surface area contributed by atoms with Gasteiger partial charge in [-0.15, -0.1) is 0 Å². The van der Waals surface area contributed by atoms with Crippen LogP contribution in [-0.2, 0) is 0 Å². The van der Waals surface area contributed by atoms with Gasteiger partial charge in [-0.25, -0.2) is 10.1 Å². The first-order valence-electron chi connectivity index (χ1n) is 8.04. The molecule has 126 valence electrons. The zero-order valence-electron chi connectivity index (χ0n) is 13.0. The SMILES string of the molecule is O=C(O)Nc1nc2c(C(=O)NC3CC4CCN3CC4)cccc2o1. The second-order valence-corrected chi connectivity index (χ2v) is 6.31. The first-order valence-corrected chi connectivity index (χ1v) is 8.04. The number of hydrogen-bond donors (Lipinski definition) is 3. The van der Waals surface area contributed by atoms with Crippen molar-refractivity contribution >= 4 is 29.1 Å². The fourth-order valence-electron chi connectivity index (χ4n) is 3.62. The van der Waals surface area contributed by atoms with Gasteiger partial charge in [0.15, 0.2) is 5.58 Å². The number of anilines is 1. The molecule has 8 nitrogen and oxygen atoms in total. The van der Waals surface area contributed by atoms with Crippen molar-refractivity contribution in [3.63, 3.8) is 0 Å². The van der Waals surface area contributed by atoms with Crippen LogP contribution in [0.4, 0.5) is 10.8 Å². The number of amides is 2. The lowest BCUT2D eigenvalue weighted by molar-refractivity contribution is 0.0295. The van der Waals surface area contributed by atoms with Crippen LogP contribution in [0.25, 0.3) is 11.1 Å². The molecule has 8 heteroatoms. The summed E-state index contributed by atoms with van der Waals surface area (Å²) in [6.07, 6.45) is 2.18. The fraction of sp³-hybridized carbons (Fsp3) is 0.438. The molecule has 0 aliphatic carbocycles. The second kappa shape index (κ2) is 5.79. The molecular formula is C16H18N4O4. The van der Waals surface area contributed by atoms with E-state index in [9.17, 15) is 9.59 Å². The van der Waals surface area contributed by atoms with E-state index in [-0.39, 0.29) is 18.1 Å². The van der Waals surface area contributed by atoms with Crippen LogP contribution in [0.1, 0.15) is 29.6 Å². The Balaban J connectivity index is 1.57.